The van der Waals surface area contributed by atoms with Crippen molar-refractivity contribution in [3.8, 4) is 0 Å². The first-order valence-corrected chi connectivity index (χ1v) is 11.9. The van der Waals surface area contributed by atoms with E-state index in [2.05, 4.69) is 41.5 Å². The number of aliphatic hydroxyl groups is 1. The van der Waals surface area contributed by atoms with Crippen molar-refractivity contribution >= 4 is 12.4 Å². The quantitative estimate of drug-likeness (QED) is 0.155. The minimum atomic E-state index is -0.332. The van der Waals surface area contributed by atoms with E-state index in [9.17, 15) is 5.11 Å². The summed E-state index contributed by atoms with van der Waals surface area (Å²) < 4.78 is 0. The monoisotopic (exact) mass is 425 g/mol. The molecule has 2 atom stereocenters. The van der Waals surface area contributed by atoms with Crippen molar-refractivity contribution in [2.24, 2.45) is 16.0 Å². The lowest BCUT2D eigenvalue weighted by atomic mass is 9.89. The summed E-state index contributed by atoms with van der Waals surface area (Å²) in [6.45, 7) is 4.34. The van der Waals surface area contributed by atoms with Crippen LogP contribution in [0.2, 0.25) is 0 Å². The van der Waals surface area contributed by atoms with Crippen LogP contribution >= 0.6 is 0 Å². The molecule has 0 amide bonds. The van der Waals surface area contributed by atoms with E-state index in [0.29, 0.717) is 0 Å². The molecule has 0 saturated heterocycles. The zero-order chi connectivity index (χ0) is 22.6. The fraction of sp³-hybridized carbons (Fsp3) is 0.556. The molecule has 2 N–H and O–H groups in total. The molecule has 1 aliphatic heterocycles. The standard InChI is InChI=1S/C22H36N2O.C5H7N/c1-4-19(2)16-17-20(11-8-9-18-24-23-3)12-10-15-22(25)21-13-6-5-7-14-21;1-2-4-6-5-3-1/h4-7,13-14,18,20,22-23,25H,8-12,15-17H2,1-3H3;2,4-5H,1,3H2/b19-4+,24-18-;/t20-,22?;/m0./s1. The molecule has 1 aromatic rings. The van der Waals surface area contributed by atoms with Gasteiger partial charge in [0.15, 0.2) is 0 Å². The zero-order valence-corrected chi connectivity index (χ0v) is 19.8. The van der Waals surface area contributed by atoms with Crippen LogP contribution in [0, 0.1) is 5.92 Å². The molecule has 31 heavy (non-hydrogen) atoms. The number of aliphatic imine (C=N–C) groups is 1. The average Bonchev–Trinajstić information content (AvgIpc) is 2.83. The molecule has 0 radical (unpaired) electrons. The van der Waals surface area contributed by atoms with E-state index in [1.807, 2.05) is 56.0 Å². The van der Waals surface area contributed by atoms with E-state index in [0.717, 1.165) is 37.2 Å². The van der Waals surface area contributed by atoms with E-state index in [1.54, 1.807) is 0 Å². The molecule has 1 aliphatic rings. The van der Waals surface area contributed by atoms with Crippen molar-refractivity contribution in [1.29, 1.82) is 0 Å². The molecule has 0 fully saturated rings. The van der Waals surface area contributed by atoms with Gasteiger partial charge in [-0.25, -0.2) is 0 Å². The highest BCUT2D eigenvalue weighted by molar-refractivity contribution is 5.59. The lowest BCUT2D eigenvalue weighted by Crippen LogP contribution is -2.04. The summed E-state index contributed by atoms with van der Waals surface area (Å²) in [5.41, 5.74) is 5.31. The first-order chi connectivity index (χ1) is 15.2. The molecule has 1 aromatic carbocycles. The van der Waals surface area contributed by atoms with Gasteiger partial charge in [-0.1, -0.05) is 67.3 Å². The topological polar surface area (TPSA) is 57.0 Å². The third kappa shape index (κ3) is 14.4. The lowest BCUT2D eigenvalue weighted by Gasteiger charge is -2.18. The van der Waals surface area contributed by atoms with E-state index < -0.39 is 0 Å². The van der Waals surface area contributed by atoms with Crippen LogP contribution in [0.3, 0.4) is 0 Å². The second kappa shape index (κ2) is 18.6. The fourth-order valence-corrected chi connectivity index (χ4v) is 3.55. The molecule has 0 saturated carbocycles. The molecule has 2 rings (SSSR count). The molecule has 172 valence electrons. The fourth-order valence-electron chi connectivity index (χ4n) is 3.55. The van der Waals surface area contributed by atoms with Gasteiger partial charge >= 0.3 is 0 Å². The number of aliphatic hydroxyl groups excluding tert-OH is 1. The molecule has 0 spiro atoms. The van der Waals surface area contributed by atoms with Crippen LogP contribution in [0.1, 0.15) is 89.7 Å². The summed E-state index contributed by atoms with van der Waals surface area (Å²) in [4.78, 5) is 3.87. The minimum Gasteiger partial charge on any atom is -0.388 e. The van der Waals surface area contributed by atoms with Crippen LogP contribution < -0.4 is 5.43 Å². The van der Waals surface area contributed by atoms with Crippen molar-refractivity contribution < 1.29 is 5.11 Å². The highest BCUT2D eigenvalue weighted by Crippen LogP contribution is 2.26. The highest BCUT2D eigenvalue weighted by Gasteiger charge is 2.12. The number of rotatable bonds is 13. The zero-order valence-electron chi connectivity index (χ0n) is 19.8. The first-order valence-electron chi connectivity index (χ1n) is 11.9. The number of benzene rings is 1. The van der Waals surface area contributed by atoms with Crippen LogP contribution in [0.25, 0.3) is 0 Å². The Kier molecular flexibility index (Phi) is 16.1. The Hall–Kier alpha value is -2.20. The smallest absolute Gasteiger partial charge is 0.0790 e. The predicted molar refractivity (Wildman–Crippen MR) is 136 cm³/mol. The number of hydrazone groups is 1. The Morgan fingerprint density at radius 2 is 1.90 bits per heavy atom. The van der Waals surface area contributed by atoms with E-state index in [-0.39, 0.29) is 6.10 Å². The van der Waals surface area contributed by atoms with Gasteiger partial charge in [0.2, 0.25) is 0 Å². The number of unbranched alkanes of at least 4 members (excludes halogenated alkanes) is 1. The number of hydrogen-bond acceptors (Lipinski definition) is 4. The lowest BCUT2D eigenvalue weighted by molar-refractivity contribution is 0.160. The third-order valence-electron chi connectivity index (χ3n) is 5.64. The van der Waals surface area contributed by atoms with Crippen molar-refractivity contribution in [3.05, 3.63) is 59.8 Å². The van der Waals surface area contributed by atoms with Crippen LogP contribution in [0.5, 0.6) is 0 Å². The summed E-state index contributed by atoms with van der Waals surface area (Å²) in [7, 11) is 1.83. The van der Waals surface area contributed by atoms with Gasteiger partial charge < -0.3 is 10.5 Å². The Labute approximate surface area is 190 Å². The van der Waals surface area contributed by atoms with Crippen molar-refractivity contribution in [3.63, 3.8) is 0 Å². The number of hydrogen-bond donors (Lipinski definition) is 2. The summed E-state index contributed by atoms with van der Waals surface area (Å²) in [6.07, 6.45) is 21.0. The molecule has 4 nitrogen and oxygen atoms in total. The van der Waals surface area contributed by atoms with Gasteiger partial charge in [0.25, 0.3) is 0 Å². The van der Waals surface area contributed by atoms with Gasteiger partial charge in [0.05, 0.1) is 6.10 Å². The normalized spacial score (nSPS) is 15.4. The maximum Gasteiger partial charge on any atom is 0.0790 e. The van der Waals surface area contributed by atoms with Crippen LogP contribution in [-0.4, -0.2) is 24.6 Å². The molecular weight excluding hydrogens is 382 g/mol. The van der Waals surface area contributed by atoms with Crippen molar-refractivity contribution in [2.75, 3.05) is 7.05 Å². The summed E-state index contributed by atoms with van der Waals surface area (Å²) in [5, 5.41) is 14.4. The second-order valence-electron chi connectivity index (χ2n) is 8.16. The summed E-state index contributed by atoms with van der Waals surface area (Å²) >= 11 is 0. The third-order valence-corrected chi connectivity index (χ3v) is 5.64. The predicted octanol–water partition coefficient (Wildman–Crippen LogP) is 6.99. The number of nitrogens with zero attached hydrogens (tertiary/aromatic N) is 2. The van der Waals surface area contributed by atoms with Gasteiger partial charge in [-0.05, 0) is 70.3 Å². The molecular formula is C27H43N3O. The molecule has 1 heterocycles. The van der Waals surface area contributed by atoms with Gasteiger partial charge in [-0.15, -0.1) is 0 Å². The van der Waals surface area contributed by atoms with E-state index in [1.165, 1.54) is 44.1 Å². The van der Waals surface area contributed by atoms with Gasteiger partial charge in [0.1, 0.15) is 0 Å². The van der Waals surface area contributed by atoms with E-state index in [4.69, 9.17) is 0 Å². The summed E-state index contributed by atoms with van der Waals surface area (Å²) in [6, 6.07) is 10.0. The molecule has 4 heteroatoms. The van der Waals surface area contributed by atoms with Crippen LogP contribution in [0.15, 0.2) is 64.4 Å². The SMILES string of the molecule is C/C=C(\C)CC[C@@H](CCC/C=N\NC)CCCC(O)c1ccccc1.C1=CN=CCC1. The largest absolute Gasteiger partial charge is 0.388 e. The van der Waals surface area contributed by atoms with E-state index >= 15 is 0 Å². The summed E-state index contributed by atoms with van der Waals surface area (Å²) in [5.74, 6) is 0.737. The maximum atomic E-state index is 10.3. The Morgan fingerprint density at radius 3 is 2.48 bits per heavy atom. The highest BCUT2D eigenvalue weighted by atomic mass is 16.3. The first kappa shape index (κ1) is 26.8. The minimum absolute atomic E-state index is 0.332. The molecule has 0 aromatic heterocycles. The van der Waals surface area contributed by atoms with Gasteiger partial charge in [-0.3, -0.25) is 4.99 Å². The van der Waals surface area contributed by atoms with Crippen LogP contribution in [-0.2, 0) is 0 Å². The van der Waals surface area contributed by atoms with Crippen molar-refractivity contribution in [1.82, 2.24) is 5.43 Å². The van der Waals surface area contributed by atoms with Crippen molar-refractivity contribution in [2.45, 2.75) is 84.2 Å². The Morgan fingerprint density at radius 1 is 1.13 bits per heavy atom. The second-order valence-corrected chi connectivity index (χ2v) is 8.16. The number of nitrogens with one attached hydrogen (secondary N) is 1. The number of allylic oxidation sites excluding steroid dienone is 3. The Balaban J connectivity index is 0.000000683. The van der Waals surface area contributed by atoms with Gasteiger partial charge in [0, 0.05) is 25.7 Å². The van der Waals surface area contributed by atoms with Crippen LogP contribution in [0.4, 0.5) is 0 Å². The molecule has 0 bridgehead atoms. The average molecular weight is 426 g/mol. The maximum absolute atomic E-state index is 10.3. The van der Waals surface area contributed by atoms with Gasteiger partial charge in [-0.2, -0.15) is 5.10 Å². The Bertz CT molecular complexity index is 652. The molecule has 1 unspecified atom stereocenters. The molecule has 0 aliphatic carbocycles.